The molecule has 1 aliphatic carbocycles. The molecule has 0 amide bonds. The topological polar surface area (TPSA) is 53.6 Å². The molecule has 0 radical (unpaired) electrons. The summed E-state index contributed by atoms with van der Waals surface area (Å²) in [6.45, 7) is 6.96. The molecular weight excluding hydrogens is 256 g/mol. The first kappa shape index (κ1) is 12.8. The lowest BCUT2D eigenvalue weighted by Gasteiger charge is -2.41. The summed E-state index contributed by atoms with van der Waals surface area (Å²) < 4.78 is 0. The van der Waals surface area contributed by atoms with Gasteiger partial charge >= 0.3 is 0 Å². The van der Waals surface area contributed by atoms with Crippen molar-refractivity contribution in [2.24, 2.45) is 0 Å². The van der Waals surface area contributed by atoms with E-state index < -0.39 is 0 Å². The van der Waals surface area contributed by atoms with Crippen LogP contribution in [0, 0.1) is 20.8 Å². The van der Waals surface area contributed by atoms with Crippen LogP contribution in [0.5, 0.6) is 0 Å². The third-order valence-electron chi connectivity index (χ3n) is 3.93. The number of aromatic amines is 1. The maximum Gasteiger partial charge on any atom is 0.113 e. The van der Waals surface area contributed by atoms with Gasteiger partial charge in [0.05, 0.1) is 11.2 Å². The van der Waals surface area contributed by atoms with E-state index in [0.29, 0.717) is 0 Å². The van der Waals surface area contributed by atoms with E-state index in [1.54, 1.807) is 11.3 Å². The van der Waals surface area contributed by atoms with Crippen molar-refractivity contribution in [2.75, 3.05) is 0 Å². The SMILES string of the molecule is Cc1csc(C2(NCc3nc(C)[nH]c3C)CCC2)n1. The molecule has 0 aliphatic heterocycles. The number of thiazole rings is 1. The molecule has 1 aliphatic rings. The second-order valence-electron chi connectivity index (χ2n) is 5.48. The Morgan fingerprint density at radius 1 is 1.32 bits per heavy atom. The molecule has 19 heavy (non-hydrogen) atoms. The fraction of sp³-hybridized carbons (Fsp3) is 0.571. The zero-order valence-corrected chi connectivity index (χ0v) is 12.5. The Morgan fingerprint density at radius 3 is 2.58 bits per heavy atom. The number of H-pyrrole nitrogens is 1. The van der Waals surface area contributed by atoms with Gasteiger partial charge in [-0.1, -0.05) is 0 Å². The summed E-state index contributed by atoms with van der Waals surface area (Å²) in [7, 11) is 0. The highest BCUT2D eigenvalue weighted by atomic mass is 32.1. The van der Waals surface area contributed by atoms with Gasteiger partial charge in [-0.15, -0.1) is 11.3 Å². The lowest BCUT2D eigenvalue weighted by atomic mass is 9.77. The monoisotopic (exact) mass is 276 g/mol. The standard InChI is InChI=1S/C14H20N4S/c1-9-8-19-13(16-9)14(5-4-6-14)15-7-12-10(2)17-11(3)18-12/h8,15H,4-7H2,1-3H3,(H,17,18). The number of hydrogen-bond acceptors (Lipinski definition) is 4. The fourth-order valence-corrected chi connectivity index (χ4v) is 3.69. The molecule has 3 rings (SSSR count). The van der Waals surface area contributed by atoms with E-state index in [2.05, 4.69) is 39.5 Å². The van der Waals surface area contributed by atoms with Gasteiger partial charge in [0.25, 0.3) is 0 Å². The van der Waals surface area contributed by atoms with Gasteiger partial charge in [-0.05, 0) is 40.0 Å². The highest BCUT2D eigenvalue weighted by Gasteiger charge is 2.40. The predicted octanol–water partition coefficient (Wildman–Crippen LogP) is 2.96. The highest BCUT2D eigenvalue weighted by Crippen LogP contribution is 2.42. The fourth-order valence-electron chi connectivity index (χ4n) is 2.65. The molecule has 2 aromatic heterocycles. The van der Waals surface area contributed by atoms with Crippen LogP contribution in [0.25, 0.3) is 0 Å². The minimum absolute atomic E-state index is 0.0955. The van der Waals surface area contributed by atoms with E-state index in [0.717, 1.165) is 29.5 Å². The largest absolute Gasteiger partial charge is 0.346 e. The highest BCUT2D eigenvalue weighted by molar-refractivity contribution is 7.09. The van der Waals surface area contributed by atoms with E-state index >= 15 is 0 Å². The van der Waals surface area contributed by atoms with Crippen molar-refractivity contribution >= 4 is 11.3 Å². The second-order valence-corrected chi connectivity index (χ2v) is 6.34. The first-order valence-electron chi connectivity index (χ1n) is 6.79. The van der Waals surface area contributed by atoms with E-state index in [9.17, 15) is 0 Å². The molecule has 0 spiro atoms. The van der Waals surface area contributed by atoms with Crippen LogP contribution in [-0.4, -0.2) is 15.0 Å². The quantitative estimate of drug-likeness (QED) is 0.902. The summed E-state index contributed by atoms with van der Waals surface area (Å²) in [6.07, 6.45) is 3.65. The molecule has 1 saturated carbocycles. The molecule has 2 heterocycles. The van der Waals surface area contributed by atoms with Crippen LogP contribution in [0.2, 0.25) is 0 Å². The zero-order chi connectivity index (χ0) is 13.5. The summed E-state index contributed by atoms with van der Waals surface area (Å²) in [6, 6.07) is 0. The Kier molecular flexibility index (Phi) is 3.19. The van der Waals surface area contributed by atoms with Crippen molar-refractivity contribution in [2.45, 2.75) is 52.1 Å². The van der Waals surface area contributed by atoms with Crippen LogP contribution in [0.4, 0.5) is 0 Å². The molecule has 2 N–H and O–H groups in total. The van der Waals surface area contributed by atoms with Crippen molar-refractivity contribution in [1.82, 2.24) is 20.3 Å². The number of aromatic nitrogens is 3. The molecule has 0 saturated heterocycles. The molecule has 0 bridgehead atoms. The number of imidazole rings is 1. The Balaban J connectivity index is 1.75. The average Bonchev–Trinajstić information content (AvgIpc) is 2.85. The summed E-state index contributed by atoms with van der Waals surface area (Å²) in [5, 5.41) is 7.08. The van der Waals surface area contributed by atoms with Gasteiger partial charge in [0, 0.05) is 23.3 Å². The number of nitrogens with one attached hydrogen (secondary N) is 2. The summed E-state index contributed by atoms with van der Waals surface area (Å²) in [5.41, 5.74) is 3.50. The lowest BCUT2D eigenvalue weighted by molar-refractivity contribution is 0.182. The van der Waals surface area contributed by atoms with Crippen LogP contribution in [0.1, 0.15) is 47.2 Å². The van der Waals surface area contributed by atoms with Crippen molar-refractivity contribution in [3.05, 3.63) is 33.3 Å². The normalized spacial score (nSPS) is 17.4. The van der Waals surface area contributed by atoms with Crippen LogP contribution in [-0.2, 0) is 12.1 Å². The van der Waals surface area contributed by atoms with Gasteiger partial charge in [0.1, 0.15) is 10.8 Å². The molecule has 1 fully saturated rings. The molecule has 102 valence electrons. The van der Waals surface area contributed by atoms with Gasteiger partial charge in [-0.2, -0.15) is 0 Å². The van der Waals surface area contributed by atoms with Crippen LogP contribution >= 0.6 is 11.3 Å². The zero-order valence-electron chi connectivity index (χ0n) is 11.7. The summed E-state index contributed by atoms with van der Waals surface area (Å²) in [5.74, 6) is 0.988. The Labute approximate surface area is 117 Å². The van der Waals surface area contributed by atoms with Gasteiger partial charge in [-0.3, -0.25) is 5.32 Å². The summed E-state index contributed by atoms with van der Waals surface area (Å²) in [4.78, 5) is 12.5. The average molecular weight is 276 g/mol. The van der Waals surface area contributed by atoms with Crippen LogP contribution in [0.15, 0.2) is 5.38 Å². The Morgan fingerprint density at radius 2 is 2.11 bits per heavy atom. The predicted molar refractivity (Wildman–Crippen MR) is 77.3 cm³/mol. The van der Waals surface area contributed by atoms with E-state index in [4.69, 9.17) is 0 Å². The minimum atomic E-state index is 0.0955. The number of rotatable bonds is 4. The molecule has 0 aromatic carbocycles. The Bertz CT molecular complexity index is 580. The van der Waals surface area contributed by atoms with Crippen molar-refractivity contribution in [3.63, 3.8) is 0 Å². The molecular formula is C14H20N4S. The number of hydrogen-bond donors (Lipinski definition) is 2. The minimum Gasteiger partial charge on any atom is -0.346 e. The van der Waals surface area contributed by atoms with Crippen LogP contribution < -0.4 is 5.32 Å². The maximum absolute atomic E-state index is 4.67. The first-order chi connectivity index (χ1) is 9.09. The van der Waals surface area contributed by atoms with Crippen LogP contribution in [0.3, 0.4) is 0 Å². The number of aryl methyl sites for hydroxylation is 3. The van der Waals surface area contributed by atoms with Gasteiger partial charge in [-0.25, -0.2) is 9.97 Å². The number of nitrogens with zero attached hydrogens (tertiary/aromatic N) is 2. The van der Waals surface area contributed by atoms with E-state index in [1.165, 1.54) is 24.3 Å². The lowest BCUT2D eigenvalue weighted by Crippen LogP contribution is -2.47. The third-order valence-corrected chi connectivity index (χ3v) is 5.10. The van der Waals surface area contributed by atoms with Gasteiger partial charge < -0.3 is 4.98 Å². The Hall–Kier alpha value is -1.20. The van der Waals surface area contributed by atoms with Gasteiger partial charge in [0.2, 0.25) is 0 Å². The molecule has 5 heteroatoms. The molecule has 0 atom stereocenters. The van der Waals surface area contributed by atoms with E-state index in [-0.39, 0.29) is 5.54 Å². The van der Waals surface area contributed by atoms with Crippen molar-refractivity contribution in [1.29, 1.82) is 0 Å². The van der Waals surface area contributed by atoms with E-state index in [1.807, 2.05) is 6.92 Å². The first-order valence-corrected chi connectivity index (χ1v) is 7.67. The molecule has 2 aromatic rings. The second kappa shape index (κ2) is 4.72. The smallest absolute Gasteiger partial charge is 0.113 e. The van der Waals surface area contributed by atoms with Crippen molar-refractivity contribution < 1.29 is 0 Å². The van der Waals surface area contributed by atoms with Crippen molar-refractivity contribution in [3.8, 4) is 0 Å². The third kappa shape index (κ3) is 2.32. The molecule has 4 nitrogen and oxygen atoms in total. The molecule has 0 unspecified atom stereocenters. The maximum atomic E-state index is 4.67. The summed E-state index contributed by atoms with van der Waals surface area (Å²) >= 11 is 1.78. The van der Waals surface area contributed by atoms with Gasteiger partial charge in [0.15, 0.2) is 0 Å².